The highest BCUT2D eigenvalue weighted by Gasteiger charge is 2.11. The molecule has 1 aromatic heterocycles. The molecule has 1 unspecified atom stereocenters. The van der Waals surface area contributed by atoms with E-state index in [2.05, 4.69) is 5.10 Å². The van der Waals surface area contributed by atoms with Crippen molar-refractivity contribution >= 4 is 0 Å². The van der Waals surface area contributed by atoms with Crippen LogP contribution in [0.1, 0.15) is 18.7 Å². The van der Waals surface area contributed by atoms with Gasteiger partial charge in [0.15, 0.2) is 5.75 Å². The summed E-state index contributed by atoms with van der Waals surface area (Å²) in [5.74, 6) is 0.752. The summed E-state index contributed by atoms with van der Waals surface area (Å²) >= 11 is 0. The molecule has 0 spiro atoms. The Morgan fingerprint density at radius 2 is 2.36 bits per heavy atom. The maximum absolute atomic E-state index is 5.69. The lowest BCUT2D eigenvalue weighted by Crippen LogP contribution is -2.11. The van der Waals surface area contributed by atoms with Crippen LogP contribution in [0.5, 0.6) is 5.75 Å². The molecular weight excluding hydrogens is 142 g/mol. The van der Waals surface area contributed by atoms with E-state index in [1.807, 2.05) is 14.0 Å². The van der Waals surface area contributed by atoms with Gasteiger partial charge < -0.3 is 10.5 Å². The normalized spacial score (nSPS) is 13.1. The van der Waals surface area contributed by atoms with Crippen molar-refractivity contribution in [3.8, 4) is 5.75 Å². The van der Waals surface area contributed by atoms with Crippen LogP contribution >= 0.6 is 0 Å². The lowest BCUT2D eigenvalue weighted by Gasteiger charge is -2.07. The average molecular weight is 155 g/mol. The van der Waals surface area contributed by atoms with Gasteiger partial charge in [0.1, 0.15) is 0 Å². The molecule has 1 atom stereocenters. The zero-order chi connectivity index (χ0) is 8.43. The lowest BCUT2D eigenvalue weighted by molar-refractivity contribution is 0.404. The third-order valence-electron chi connectivity index (χ3n) is 1.60. The fourth-order valence-corrected chi connectivity index (χ4v) is 1.10. The summed E-state index contributed by atoms with van der Waals surface area (Å²) in [6, 6.07) is -0.0440. The van der Waals surface area contributed by atoms with E-state index < -0.39 is 0 Å². The highest BCUT2D eigenvalue weighted by molar-refractivity contribution is 5.27. The van der Waals surface area contributed by atoms with Crippen LogP contribution in [0.15, 0.2) is 6.20 Å². The monoisotopic (exact) mass is 155 g/mol. The number of aryl methyl sites for hydroxylation is 1. The number of nitrogens with two attached hydrogens (primary N) is 1. The molecule has 0 fully saturated rings. The Labute approximate surface area is 66.0 Å². The molecule has 0 aromatic carbocycles. The number of ether oxygens (including phenoxy) is 1. The van der Waals surface area contributed by atoms with E-state index >= 15 is 0 Å². The summed E-state index contributed by atoms with van der Waals surface area (Å²) in [5, 5.41) is 4.02. The summed E-state index contributed by atoms with van der Waals surface area (Å²) in [5.41, 5.74) is 6.62. The van der Waals surface area contributed by atoms with Crippen LogP contribution in [0.25, 0.3) is 0 Å². The fraction of sp³-hybridized carbons (Fsp3) is 0.571. The van der Waals surface area contributed by atoms with Crippen molar-refractivity contribution in [2.24, 2.45) is 12.8 Å². The molecule has 0 amide bonds. The van der Waals surface area contributed by atoms with E-state index in [0.717, 1.165) is 11.4 Å². The molecule has 4 nitrogen and oxygen atoms in total. The Bertz CT molecular complexity index is 242. The second-order valence-corrected chi connectivity index (χ2v) is 2.51. The summed E-state index contributed by atoms with van der Waals surface area (Å²) in [6.07, 6.45) is 1.67. The van der Waals surface area contributed by atoms with Gasteiger partial charge in [0.2, 0.25) is 0 Å². The van der Waals surface area contributed by atoms with E-state index in [1.54, 1.807) is 18.0 Å². The highest BCUT2D eigenvalue weighted by Crippen LogP contribution is 2.21. The number of methoxy groups -OCH3 is 1. The second kappa shape index (κ2) is 2.92. The lowest BCUT2D eigenvalue weighted by atomic mass is 10.2. The minimum atomic E-state index is -0.0440. The first-order valence-electron chi connectivity index (χ1n) is 3.48. The largest absolute Gasteiger partial charge is 0.493 e. The average Bonchev–Trinajstić information content (AvgIpc) is 2.30. The van der Waals surface area contributed by atoms with Crippen LogP contribution in [0.4, 0.5) is 0 Å². The van der Waals surface area contributed by atoms with Gasteiger partial charge in [-0.25, -0.2) is 0 Å². The molecule has 0 saturated carbocycles. The Hall–Kier alpha value is -1.03. The minimum absolute atomic E-state index is 0.0440. The van der Waals surface area contributed by atoms with Crippen LogP contribution in [-0.2, 0) is 7.05 Å². The van der Waals surface area contributed by atoms with Crippen LogP contribution in [0.3, 0.4) is 0 Å². The van der Waals surface area contributed by atoms with Crippen molar-refractivity contribution in [1.29, 1.82) is 0 Å². The molecule has 4 heteroatoms. The third kappa shape index (κ3) is 1.35. The first-order valence-corrected chi connectivity index (χ1v) is 3.48. The molecule has 1 aromatic rings. The third-order valence-corrected chi connectivity index (χ3v) is 1.60. The topological polar surface area (TPSA) is 53.1 Å². The molecule has 0 aliphatic heterocycles. The summed E-state index contributed by atoms with van der Waals surface area (Å²) in [7, 11) is 3.46. The van der Waals surface area contributed by atoms with Gasteiger partial charge in [-0.15, -0.1) is 0 Å². The van der Waals surface area contributed by atoms with E-state index in [9.17, 15) is 0 Å². The highest BCUT2D eigenvalue weighted by atomic mass is 16.5. The molecule has 0 aliphatic carbocycles. The Morgan fingerprint density at radius 3 is 2.73 bits per heavy atom. The van der Waals surface area contributed by atoms with Gasteiger partial charge in [0.25, 0.3) is 0 Å². The zero-order valence-electron chi connectivity index (χ0n) is 7.03. The zero-order valence-corrected chi connectivity index (χ0v) is 7.03. The first kappa shape index (κ1) is 8.07. The molecule has 0 aliphatic rings. The van der Waals surface area contributed by atoms with Crippen molar-refractivity contribution in [1.82, 2.24) is 9.78 Å². The number of rotatable bonds is 2. The Morgan fingerprint density at radius 1 is 1.73 bits per heavy atom. The molecule has 1 heterocycles. The standard InChI is InChI=1S/C7H13N3O/c1-5(8)7-6(11-3)4-9-10(7)2/h4-5H,8H2,1-3H3. The quantitative estimate of drug-likeness (QED) is 0.674. The van der Waals surface area contributed by atoms with Crippen molar-refractivity contribution in [2.45, 2.75) is 13.0 Å². The molecule has 0 radical (unpaired) electrons. The number of aromatic nitrogens is 2. The minimum Gasteiger partial charge on any atom is -0.493 e. The van der Waals surface area contributed by atoms with Gasteiger partial charge in [-0.1, -0.05) is 0 Å². The van der Waals surface area contributed by atoms with Crippen molar-refractivity contribution in [3.05, 3.63) is 11.9 Å². The first-order chi connectivity index (χ1) is 5.16. The van der Waals surface area contributed by atoms with Gasteiger partial charge in [-0.05, 0) is 6.92 Å². The van der Waals surface area contributed by atoms with Gasteiger partial charge in [-0.3, -0.25) is 4.68 Å². The molecule has 0 bridgehead atoms. The van der Waals surface area contributed by atoms with Gasteiger partial charge in [0.05, 0.1) is 19.0 Å². The Balaban J connectivity index is 3.07. The van der Waals surface area contributed by atoms with Crippen LogP contribution in [0.2, 0.25) is 0 Å². The molecular formula is C7H13N3O. The molecule has 11 heavy (non-hydrogen) atoms. The van der Waals surface area contributed by atoms with Gasteiger partial charge in [-0.2, -0.15) is 5.10 Å². The van der Waals surface area contributed by atoms with E-state index in [-0.39, 0.29) is 6.04 Å². The van der Waals surface area contributed by atoms with E-state index in [1.165, 1.54) is 0 Å². The van der Waals surface area contributed by atoms with Crippen LogP contribution < -0.4 is 10.5 Å². The molecule has 1 rings (SSSR count). The SMILES string of the molecule is COc1cnn(C)c1C(C)N. The van der Waals surface area contributed by atoms with E-state index in [4.69, 9.17) is 10.5 Å². The van der Waals surface area contributed by atoms with Crippen molar-refractivity contribution in [2.75, 3.05) is 7.11 Å². The predicted octanol–water partition coefficient (Wildman–Crippen LogP) is 0.448. The summed E-state index contributed by atoms with van der Waals surface area (Å²) in [4.78, 5) is 0. The number of nitrogens with zero attached hydrogens (tertiary/aromatic N) is 2. The van der Waals surface area contributed by atoms with Crippen molar-refractivity contribution in [3.63, 3.8) is 0 Å². The molecule has 0 saturated heterocycles. The number of hydrogen-bond donors (Lipinski definition) is 1. The maximum atomic E-state index is 5.69. The Kier molecular flexibility index (Phi) is 2.14. The van der Waals surface area contributed by atoms with Crippen LogP contribution in [-0.4, -0.2) is 16.9 Å². The maximum Gasteiger partial charge on any atom is 0.161 e. The summed E-state index contributed by atoms with van der Waals surface area (Å²) < 4.78 is 6.79. The van der Waals surface area contributed by atoms with Crippen LogP contribution in [0, 0.1) is 0 Å². The predicted molar refractivity (Wildman–Crippen MR) is 42.4 cm³/mol. The molecule has 62 valence electrons. The summed E-state index contributed by atoms with van der Waals surface area (Å²) in [6.45, 7) is 1.90. The van der Waals surface area contributed by atoms with E-state index in [0.29, 0.717) is 0 Å². The second-order valence-electron chi connectivity index (χ2n) is 2.51. The van der Waals surface area contributed by atoms with Gasteiger partial charge in [0, 0.05) is 13.1 Å². The fourth-order valence-electron chi connectivity index (χ4n) is 1.10. The van der Waals surface area contributed by atoms with Crippen molar-refractivity contribution < 1.29 is 4.74 Å². The number of hydrogen-bond acceptors (Lipinski definition) is 3. The smallest absolute Gasteiger partial charge is 0.161 e. The molecule has 2 N–H and O–H groups in total. The van der Waals surface area contributed by atoms with Gasteiger partial charge >= 0.3 is 0 Å².